The molecular formula is C17H25N3. The lowest BCUT2D eigenvalue weighted by Crippen LogP contribution is -2.35. The molecule has 0 aliphatic rings. The second-order valence-electron chi connectivity index (χ2n) is 6.61. The standard InChI is InChI=1S/C17H25N3/c1-13(2)16-10-11-20(19-16)15-8-6-14(7-9-15)12-18-17(3,4)5/h6-11,13,18H,12H2,1-5H3. The fourth-order valence-electron chi connectivity index (χ4n) is 1.92. The molecule has 1 heterocycles. The number of rotatable bonds is 4. The molecule has 0 radical (unpaired) electrons. The molecule has 108 valence electrons. The van der Waals surface area contributed by atoms with Crippen LogP contribution in [0.1, 0.15) is 51.8 Å². The highest BCUT2D eigenvalue weighted by atomic mass is 15.3. The number of hydrogen-bond donors (Lipinski definition) is 1. The van der Waals surface area contributed by atoms with Gasteiger partial charge in [0.2, 0.25) is 0 Å². The zero-order chi connectivity index (χ0) is 14.8. The predicted octanol–water partition coefficient (Wildman–Crippen LogP) is 3.88. The normalized spacial score (nSPS) is 12.1. The Hall–Kier alpha value is -1.61. The summed E-state index contributed by atoms with van der Waals surface area (Å²) in [6.45, 7) is 11.7. The van der Waals surface area contributed by atoms with Gasteiger partial charge in [-0.3, -0.25) is 0 Å². The third-order valence-corrected chi connectivity index (χ3v) is 3.22. The molecule has 0 amide bonds. The fraction of sp³-hybridized carbons (Fsp3) is 0.471. The summed E-state index contributed by atoms with van der Waals surface area (Å²) in [5, 5.41) is 8.09. The number of nitrogens with one attached hydrogen (secondary N) is 1. The van der Waals surface area contributed by atoms with Crippen molar-refractivity contribution >= 4 is 0 Å². The average Bonchev–Trinajstić information content (AvgIpc) is 2.86. The summed E-state index contributed by atoms with van der Waals surface area (Å²) >= 11 is 0. The van der Waals surface area contributed by atoms with Crippen molar-refractivity contribution in [3.8, 4) is 5.69 Å². The zero-order valence-electron chi connectivity index (χ0n) is 13.1. The minimum atomic E-state index is 0.146. The molecule has 1 aromatic heterocycles. The molecule has 0 aliphatic heterocycles. The summed E-state index contributed by atoms with van der Waals surface area (Å²) in [5.74, 6) is 0.464. The maximum atomic E-state index is 4.60. The monoisotopic (exact) mass is 271 g/mol. The molecule has 3 nitrogen and oxygen atoms in total. The minimum absolute atomic E-state index is 0.146. The average molecular weight is 271 g/mol. The van der Waals surface area contributed by atoms with Gasteiger partial charge in [-0.2, -0.15) is 5.10 Å². The number of aromatic nitrogens is 2. The molecule has 2 rings (SSSR count). The lowest BCUT2D eigenvalue weighted by molar-refractivity contribution is 0.424. The molecule has 2 aromatic rings. The van der Waals surface area contributed by atoms with Crippen molar-refractivity contribution in [2.45, 2.75) is 52.6 Å². The van der Waals surface area contributed by atoms with Gasteiger partial charge in [0.25, 0.3) is 0 Å². The second kappa shape index (κ2) is 5.80. The summed E-state index contributed by atoms with van der Waals surface area (Å²) in [6.07, 6.45) is 2.03. The van der Waals surface area contributed by atoms with E-state index in [1.54, 1.807) is 0 Å². The Labute approximate surface area is 122 Å². The summed E-state index contributed by atoms with van der Waals surface area (Å²) in [5.41, 5.74) is 3.67. The van der Waals surface area contributed by atoms with E-state index in [1.807, 2.05) is 10.9 Å². The Bertz CT molecular complexity index is 544. The first-order valence-electron chi connectivity index (χ1n) is 7.25. The molecule has 1 aromatic carbocycles. The van der Waals surface area contributed by atoms with Crippen LogP contribution in [-0.2, 0) is 6.54 Å². The van der Waals surface area contributed by atoms with Gasteiger partial charge in [0.1, 0.15) is 0 Å². The molecule has 0 aliphatic carbocycles. The Balaban J connectivity index is 2.07. The smallest absolute Gasteiger partial charge is 0.0654 e. The van der Waals surface area contributed by atoms with Crippen LogP contribution in [0, 0.1) is 0 Å². The van der Waals surface area contributed by atoms with Crippen LogP contribution < -0.4 is 5.32 Å². The van der Waals surface area contributed by atoms with Gasteiger partial charge < -0.3 is 5.32 Å². The Kier molecular flexibility index (Phi) is 4.29. The number of nitrogens with zero attached hydrogens (tertiary/aromatic N) is 2. The van der Waals surface area contributed by atoms with Gasteiger partial charge in [0, 0.05) is 18.3 Å². The molecule has 0 atom stereocenters. The van der Waals surface area contributed by atoms with Crippen LogP contribution in [-0.4, -0.2) is 15.3 Å². The lowest BCUT2D eigenvalue weighted by Gasteiger charge is -2.20. The number of benzene rings is 1. The number of hydrogen-bond acceptors (Lipinski definition) is 2. The van der Waals surface area contributed by atoms with Crippen LogP contribution in [0.25, 0.3) is 5.69 Å². The fourth-order valence-corrected chi connectivity index (χ4v) is 1.92. The Morgan fingerprint density at radius 3 is 2.25 bits per heavy atom. The Morgan fingerprint density at radius 1 is 1.10 bits per heavy atom. The lowest BCUT2D eigenvalue weighted by atomic mass is 10.1. The van der Waals surface area contributed by atoms with E-state index < -0.39 is 0 Å². The van der Waals surface area contributed by atoms with Crippen LogP contribution in [0.4, 0.5) is 0 Å². The molecule has 1 N–H and O–H groups in total. The van der Waals surface area contributed by atoms with Gasteiger partial charge in [-0.15, -0.1) is 0 Å². The zero-order valence-corrected chi connectivity index (χ0v) is 13.1. The minimum Gasteiger partial charge on any atom is -0.308 e. The van der Waals surface area contributed by atoms with Gasteiger partial charge in [-0.25, -0.2) is 4.68 Å². The molecule has 0 spiro atoms. The van der Waals surface area contributed by atoms with Crippen molar-refractivity contribution in [3.63, 3.8) is 0 Å². The molecular weight excluding hydrogens is 246 g/mol. The van der Waals surface area contributed by atoms with Gasteiger partial charge in [0.15, 0.2) is 0 Å². The largest absolute Gasteiger partial charge is 0.308 e. The highest BCUT2D eigenvalue weighted by molar-refractivity contribution is 5.34. The van der Waals surface area contributed by atoms with Gasteiger partial charge in [0.05, 0.1) is 11.4 Å². The van der Waals surface area contributed by atoms with E-state index in [4.69, 9.17) is 0 Å². The first-order valence-corrected chi connectivity index (χ1v) is 7.25. The summed E-state index contributed by atoms with van der Waals surface area (Å²) in [6, 6.07) is 10.6. The predicted molar refractivity (Wildman–Crippen MR) is 84.2 cm³/mol. The summed E-state index contributed by atoms with van der Waals surface area (Å²) in [4.78, 5) is 0. The van der Waals surface area contributed by atoms with Gasteiger partial charge >= 0.3 is 0 Å². The van der Waals surface area contributed by atoms with Gasteiger partial charge in [-0.1, -0.05) is 26.0 Å². The van der Waals surface area contributed by atoms with E-state index in [1.165, 1.54) is 5.56 Å². The van der Waals surface area contributed by atoms with E-state index in [9.17, 15) is 0 Å². The van der Waals surface area contributed by atoms with E-state index >= 15 is 0 Å². The van der Waals surface area contributed by atoms with Crippen LogP contribution in [0.15, 0.2) is 36.5 Å². The topological polar surface area (TPSA) is 29.9 Å². The van der Waals surface area contributed by atoms with Crippen LogP contribution in [0.5, 0.6) is 0 Å². The third kappa shape index (κ3) is 3.94. The van der Waals surface area contributed by atoms with Crippen molar-refractivity contribution in [3.05, 3.63) is 47.8 Å². The maximum absolute atomic E-state index is 4.60. The van der Waals surface area contributed by atoms with E-state index in [0.29, 0.717) is 5.92 Å². The second-order valence-corrected chi connectivity index (χ2v) is 6.61. The van der Waals surface area contributed by atoms with Crippen molar-refractivity contribution in [1.29, 1.82) is 0 Å². The highest BCUT2D eigenvalue weighted by Crippen LogP contribution is 2.15. The molecule has 3 heteroatoms. The first-order chi connectivity index (χ1) is 9.35. The van der Waals surface area contributed by atoms with E-state index in [-0.39, 0.29) is 5.54 Å². The molecule has 0 saturated carbocycles. The van der Waals surface area contributed by atoms with Crippen molar-refractivity contribution in [1.82, 2.24) is 15.1 Å². The third-order valence-electron chi connectivity index (χ3n) is 3.22. The SMILES string of the molecule is CC(C)c1ccn(-c2ccc(CNC(C)(C)C)cc2)n1. The van der Waals surface area contributed by atoms with Crippen molar-refractivity contribution < 1.29 is 0 Å². The van der Waals surface area contributed by atoms with Crippen LogP contribution >= 0.6 is 0 Å². The van der Waals surface area contributed by atoms with Crippen molar-refractivity contribution in [2.24, 2.45) is 0 Å². The van der Waals surface area contributed by atoms with Crippen molar-refractivity contribution in [2.75, 3.05) is 0 Å². The molecule has 0 fully saturated rings. The molecule has 0 unspecified atom stereocenters. The summed E-state index contributed by atoms with van der Waals surface area (Å²) in [7, 11) is 0. The molecule has 0 bridgehead atoms. The van der Waals surface area contributed by atoms with E-state index in [0.717, 1.165) is 17.9 Å². The van der Waals surface area contributed by atoms with Gasteiger partial charge in [-0.05, 0) is 50.5 Å². The van der Waals surface area contributed by atoms with Crippen LogP contribution in [0.2, 0.25) is 0 Å². The Morgan fingerprint density at radius 2 is 1.75 bits per heavy atom. The summed E-state index contributed by atoms with van der Waals surface area (Å²) < 4.78 is 1.94. The van der Waals surface area contributed by atoms with E-state index in [2.05, 4.69) is 75.4 Å². The molecule has 20 heavy (non-hydrogen) atoms. The maximum Gasteiger partial charge on any atom is 0.0654 e. The quantitative estimate of drug-likeness (QED) is 0.914. The van der Waals surface area contributed by atoms with Crippen LogP contribution in [0.3, 0.4) is 0 Å². The molecule has 0 saturated heterocycles. The highest BCUT2D eigenvalue weighted by Gasteiger charge is 2.08. The first kappa shape index (κ1) is 14.8.